The van der Waals surface area contributed by atoms with E-state index in [1.165, 1.54) is 4.90 Å². The molecule has 3 saturated heterocycles. The standard InChI is InChI=1S/C26H33BrN6O4/c1-16-17(2)25(35)33(24(16)34)29-23-13-18(21-4-3-19(27)14-22(21)28-23)15-30-9-11-31(12-10-30)20-5-7-32(8-6-20)26(36)37/h3-4,13-14,16-17,20H,5-12,15H2,1-2H3,(H,28,29)(H,36,37). The Morgan fingerprint density at radius 2 is 1.68 bits per heavy atom. The van der Waals surface area contributed by atoms with Crippen LogP contribution >= 0.6 is 15.9 Å². The van der Waals surface area contributed by atoms with E-state index >= 15 is 0 Å². The smallest absolute Gasteiger partial charge is 0.407 e. The van der Waals surface area contributed by atoms with Gasteiger partial charge in [0.2, 0.25) is 0 Å². The number of hydrogen-bond acceptors (Lipinski definition) is 7. The summed E-state index contributed by atoms with van der Waals surface area (Å²) in [6.45, 7) is 9.22. The van der Waals surface area contributed by atoms with Gasteiger partial charge < -0.3 is 10.0 Å². The summed E-state index contributed by atoms with van der Waals surface area (Å²) in [6, 6.07) is 8.38. The minimum Gasteiger partial charge on any atom is -0.465 e. The molecule has 0 bridgehead atoms. The first-order valence-electron chi connectivity index (χ1n) is 12.9. The molecule has 3 aliphatic rings. The zero-order valence-corrected chi connectivity index (χ0v) is 22.8. The van der Waals surface area contributed by atoms with Crippen molar-refractivity contribution in [3.05, 3.63) is 34.3 Å². The van der Waals surface area contributed by atoms with Gasteiger partial charge in [-0.2, -0.15) is 5.01 Å². The molecule has 37 heavy (non-hydrogen) atoms. The van der Waals surface area contributed by atoms with E-state index in [-0.39, 0.29) is 23.7 Å². The minimum atomic E-state index is -0.823. The van der Waals surface area contributed by atoms with Crippen LogP contribution in [0.5, 0.6) is 0 Å². The molecule has 2 aromatic rings. The van der Waals surface area contributed by atoms with Crippen molar-refractivity contribution >= 4 is 50.6 Å². The average molecular weight is 573 g/mol. The average Bonchev–Trinajstić information content (AvgIpc) is 3.07. The van der Waals surface area contributed by atoms with Crippen LogP contribution in [0.2, 0.25) is 0 Å². The van der Waals surface area contributed by atoms with E-state index in [4.69, 9.17) is 4.98 Å². The van der Waals surface area contributed by atoms with Crippen LogP contribution < -0.4 is 5.43 Å². The highest BCUT2D eigenvalue weighted by atomic mass is 79.9. The van der Waals surface area contributed by atoms with Crippen molar-refractivity contribution in [2.45, 2.75) is 39.3 Å². The lowest BCUT2D eigenvalue weighted by Gasteiger charge is -2.42. The molecule has 198 valence electrons. The molecule has 2 N–H and O–H groups in total. The minimum absolute atomic E-state index is 0.236. The largest absolute Gasteiger partial charge is 0.465 e. The van der Waals surface area contributed by atoms with Gasteiger partial charge in [0.15, 0.2) is 0 Å². The Balaban J connectivity index is 1.28. The Morgan fingerprint density at radius 3 is 2.30 bits per heavy atom. The Morgan fingerprint density at radius 1 is 1.03 bits per heavy atom. The van der Waals surface area contributed by atoms with Crippen molar-refractivity contribution < 1.29 is 19.5 Å². The second kappa shape index (κ2) is 10.5. The summed E-state index contributed by atoms with van der Waals surface area (Å²) in [5.74, 6) is -0.711. The van der Waals surface area contributed by atoms with Crippen molar-refractivity contribution in [2.24, 2.45) is 11.8 Å². The molecule has 0 spiro atoms. The fourth-order valence-corrected chi connectivity index (χ4v) is 5.93. The molecule has 1 aromatic carbocycles. The molecule has 10 nitrogen and oxygen atoms in total. The Bertz CT molecular complexity index is 1190. The number of hydrazine groups is 1. The Hall–Kier alpha value is -2.76. The van der Waals surface area contributed by atoms with Crippen LogP contribution in [-0.2, 0) is 16.1 Å². The molecular formula is C26H33BrN6O4. The van der Waals surface area contributed by atoms with Crippen molar-refractivity contribution in [1.82, 2.24) is 24.7 Å². The number of rotatable bonds is 5. The molecule has 3 aliphatic heterocycles. The predicted molar refractivity (Wildman–Crippen MR) is 143 cm³/mol. The summed E-state index contributed by atoms with van der Waals surface area (Å²) >= 11 is 3.53. The van der Waals surface area contributed by atoms with E-state index in [1.54, 1.807) is 13.8 Å². The molecule has 4 heterocycles. The fraction of sp³-hybridized carbons (Fsp3) is 0.538. The first kappa shape index (κ1) is 25.9. The SMILES string of the molecule is CC1C(=O)N(Nc2cc(CN3CCN(C4CCN(C(=O)O)CC4)CC3)c3ccc(Br)cc3n2)C(=O)C1C. The monoisotopic (exact) mass is 572 g/mol. The second-order valence-electron chi connectivity index (χ2n) is 10.3. The maximum Gasteiger partial charge on any atom is 0.407 e. The fourth-order valence-electron chi connectivity index (χ4n) is 5.58. The zero-order valence-electron chi connectivity index (χ0n) is 21.2. The number of hydrogen-bond donors (Lipinski definition) is 2. The number of aromatic nitrogens is 1. The van der Waals surface area contributed by atoms with Crippen molar-refractivity contribution in [3.63, 3.8) is 0 Å². The molecule has 2 unspecified atom stereocenters. The van der Waals surface area contributed by atoms with E-state index in [2.05, 4.69) is 31.2 Å². The molecule has 0 radical (unpaired) electrons. The van der Waals surface area contributed by atoms with Gasteiger partial charge in [-0.3, -0.25) is 24.8 Å². The van der Waals surface area contributed by atoms with Gasteiger partial charge in [-0.05, 0) is 36.6 Å². The number of piperidine rings is 1. The quantitative estimate of drug-likeness (QED) is 0.525. The van der Waals surface area contributed by atoms with E-state index in [1.807, 2.05) is 24.3 Å². The van der Waals surface area contributed by atoms with Gasteiger partial charge in [-0.25, -0.2) is 9.78 Å². The third-order valence-electron chi connectivity index (χ3n) is 8.11. The summed E-state index contributed by atoms with van der Waals surface area (Å²) in [7, 11) is 0. The van der Waals surface area contributed by atoms with Crippen LogP contribution in [0.3, 0.4) is 0 Å². The maximum absolute atomic E-state index is 12.6. The topological polar surface area (TPSA) is 109 Å². The Labute approximate surface area is 224 Å². The molecule has 3 fully saturated rings. The van der Waals surface area contributed by atoms with E-state index < -0.39 is 6.09 Å². The lowest BCUT2D eigenvalue weighted by Crippen LogP contribution is -2.53. The zero-order chi connectivity index (χ0) is 26.3. The second-order valence-corrected chi connectivity index (χ2v) is 11.3. The number of halogens is 1. The third kappa shape index (κ3) is 5.30. The van der Waals surface area contributed by atoms with Crippen molar-refractivity contribution in [1.29, 1.82) is 0 Å². The summed E-state index contributed by atoms with van der Waals surface area (Å²) in [6.07, 6.45) is 0.948. The van der Waals surface area contributed by atoms with Crippen LogP contribution in [0.4, 0.5) is 10.6 Å². The number of amides is 3. The van der Waals surface area contributed by atoms with Gasteiger partial charge in [0.25, 0.3) is 11.8 Å². The number of nitrogens with zero attached hydrogens (tertiary/aromatic N) is 5. The van der Waals surface area contributed by atoms with Crippen LogP contribution in [0.15, 0.2) is 28.7 Å². The molecule has 0 saturated carbocycles. The lowest BCUT2D eigenvalue weighted by molar-refractivity contribution is -0.138. The number of nitrogens with one attached hydrogen (secondary N) is 1. The lowest BCUT2D eigenvalue weighted by atomic mass is 10.00. The third-order valence-corrected chi connectivity index (χ3v) is 8.60. The van der Waals surface area contributed by atoms with Gasteiger partial charge >= 0.3 is 6.09 Å². The highest BCUT2D eigenvalue weighted by molar-refractivity contribution is 9.10. The number of carboxylic acid groups (broad SMARTS) is 1. The summed E-state index contributed by atoms with van der Waals surface area (Å²) < 4.78 is 0.911. The number of imide groups is 1. The van der Waals surface area contributed by atoms with Crippen LogP contribution in [0.1, 0.15) is 32.3 Å². The number of carbonyl (C=O) groups excluding carboxylic acids is 2. The molecular weight excluding hydrogens is 540 g/mol. The van der Waals surface area contributed by atoms with E-state index in [9.17, 15) is 19.5 Å². The van der Waals surface area contributed by atoms with Crippen LogP contribution in [0.25, 0.3) is 10.9 Å². The Kier molecular flexibility index (Phi) is 7.37. The number of piperazine rings is 1. The van der Waals surface area contributed by atoms with Crippen molar-refractivity contribution in [3.8, 4) is 0 Å². The number of fused-ring (bicyclic) bond motifs is 1. The van der Waals surface area contributed by atoms with Gasteiger partial charge in [-0.1, -0.05) is 35.8 Å². The van der Waals surface area contributed by atoms with Crippen LogP contribution in [-0.4, -0.2) is 93.0 Å². The van der Waals surface area contributed by atoms with Crippen molar-refractivity contribution in [2.75, 3.05) is 44.7 Å². The molecule has 2 atom stereocenters. The number of benzene rings is 1. The first-order chi connectivity index (χ1) is 17.7. The summed E-state index contributed by atoms with van der Waals surface area (Å²) in [5.41, 5.74) is 4.86. The highest BCUT2D eigenvalue weighted by Gasteiger charge is 2.43. The highest BCUT2D eigenvalue weighted by Crippen LogP contribution is 2.29. The van der Waals surface area contributed by atoms with Gasteiger partial charge in [0, 0.05) is 73.5 Å². The predicted octanol–water partition coefficient (Wildman–Crippen LogP) is 3.23. The van der Waals surface area contributed by atoms with Gasteiger partial charge in [0.1, 0.15) is 5.82 Å². The molecule has 0 aliphatic carbocycles. The first-order valence-corrected chi connectivity index (χ1v) is 13.7. The van der Waals surface area contributed by atoms with Crippen LogP contribution in [0, 0.1) is 11.8 Å². The molecule has 11 heteroatoms. The number of anilines is 1. The number of carbonyl (C=O) groups is 3. The molecule has 1 aromatic heterocycles. The van der Waals surface area contributed by atoms with Gasteiger partial charge in [-0.15, -0.1) is 0 Å². The molecule has 5 rings (SSSR count). The number of likely N-dealkylation sites (tertiary alicyclic amines) is 1. The van der Waals surface area contributed by atoms with E-state index in [0.29, 0.717) is 24.9 Å². The number of pyridine rings is 1. The van der Waals surface area contributed by atoms with Gasteiger partial charge in [0.05, 0.1) is 5.52 Å². The summed E-state index contributed by atoms with van der Waals surface area (Å²) in [5, 5.41) is 11.4. The molecule has 3 amide bonds. The normalized spacial score (nSPS) is 24.3. The van der Waals surface area contributed by atoms with E-state index in [0.717, 1.165) is 71.5 Å². The maximum atomic E-state index is 12.6. The summed E-state index contributed by atoms with van der Waals surface area (Å²) in [4.78, 5) is 47.6.